The van der Waals surface area contributed by atoms with Crippen LogP contribution in [0, 0.1) is 0 Å². The summed E-state index contributed by atoms with van der Waals surface area (Å²) in [5, 5.41) is 8.28. The van der Waals surface area contributed by atoms with Crippen molar-refractivity contribution in [3.8, 4) is 0 Å². The van der Waals surface area contributed by atoms with E-state index in [0.29, 0.717) is 0 Å². The summed E-state index contributed by atoms with van der Waals surface area (Å²) < 4.78 is 46.1. The van der Waals surface area contributed by atoms with Crippen LogP contribution in [0.2, 0.25) is 0 Å². The van der Waals surface area contributed by atoms with Gasteiger partial charge in [-0.05, 0) is 13.8 Å². The third-order valence-corrected chi connectivity index (χ3v) is 1.58. The second-order valence-corrected chi connectivity index (χ2v) is 3.42. The summed E-state index contributed by atoms with van der Waals surface area (Å²) >= 11 is 0. The Labute approximate surface area is 91.3 Å². The first-order valence-electron chi connectivity index (χ1n) is 4.75. The van der Waals surface area contributed by atoms with Gasteiger partial charge in [-0.15, -0.1) is 0 Å². The lowest BCUT2D eigenvalue weighted by Crippen LogP contribution is -2.35. The van der Waals surface area contributed by atoms with E-state index in [1.165, 1.54) is 0 Å². The number of carbonyl (C=O) groups is 1. The van der Waals surface area contributed by atoms with E-state index in [4.69, 9.17) is 9.84 Å². The van der Waals surface area contributed by atoms with Crippen LogP contribution in [0.1, 0.15) is 20.3 Å². The first kappa shape index (κ1) is 15.2. The van der Waals surface area contributed by atoms with Crippen LogP contribution in [0.5, 0.6) is 0 Å². The number of carboxylic acids is 1. The molecule has 0 aromatic rings. The van der Waals surface area contributed by atoms with Crippen molar-refractivity contribution >= 4 is 5.97 Å². The highest BCUT2D eigenvalue weighted by Crippen LogP contribution is 2.25. The SMILES string of the molecule is CC(C)OCCOC(CC(=O)O)C(F)(F)F. The molecule has 0 rings (SSSR count). The van der Waals surface area contributed by atoms with Crippen LogP contribution in [0.15, 0.2) is 0 Å². The minimum atomic E-state index is -4.67. The van der Waals surface area contributed by atoms with Crippen molar-refractivity contribution in [2.24, 2.45) is 0 Å². The lowest BCUT2D eigenvalue weighted by Gasteiger charge is -2.19. The van der Waals surface area contributed by atoms with Gasteiger partial charge in [0.2, 0.25) is 0 Å². The normalized spacial score (nSPS) is 14.1. The van der Waals surface area contributed by atoms with Crippen LogP contribution < -0.4 is 0 Å². The first-order valence-corrected chi connectivity index (χ1v) is 4.75. The van der Waals surface area contributed by atoms with Gasteiger partial charge < -0.3 is 14.6 Å². The van der Waals surface area contributed by atoms with E-state index in [2.05, 4.69) is 4.74 Å². The molecule has 0 heterocycles. The average Bonchev–Trinajstić information content (AvgIpc) is 2.07. The van der Waals surface area contributed by atoms with Crippen molar-refractivity contribution in [2.45, 2.75) is 38.7 Å². The van der Waals surface area contributed by atoms with Gasteiger partial charge in [-0.3, -0.25) is 4.79 Å². The second-order valence-electron chi connectivity index (χ2n) is 3.42. The van der Waals surface area contributed by atoms with E-state index >= 15 is 0 Å². The molecule has 0 aromatic heterocycles. The molecule has 0 aromatic carbocycles. The molecule has 0 saturated heterocycles. The maximum absolute atomic E-state index is 12.2. The molecule has 0 fully saturated rings. The van der Waals surface area contributed by atoms with Crippen LogP contribution in [0.3, 0.4) is 0 Å². The van der Waals surface area contributed by atoms with Gasteiger partial charge in [0.25, 0.3) is 0 Å². The Balaban J connectivity index is 3.98. The van der Waals surface area contributed by atoms with E-state index in [0.717, 1.165) is 0 Å². The Morgan fingerprint density at radius 2 is 1.75 bits per heavy atom. The Hall–Kier alpha value is -0.820. The van der Waals surface area contributed by atoms with Crippen molar-refractivity contribution < 1.29 is 32.5 Å². The summed E-state index contributed by atoms with van der Waals surface area (Å²) in [6, 6.07) is 0. The average molecular weight is 244 g/mol. The minimum Gasteiger partial charge on any atom is -0.481 e. The van der Waals surface area contributed by atoms with Gasteiger partial charge in [0.05, 0.1) is 25.7 Å². The van der Waals surface area contributed by atoms with Gasteiger partial charge in [0.15, 0.2) is 6.10 Å². The maximum Gasteiger partial charge on any atom is 0.415 e. The number of hydrogen-bond acceptors (Lipinski definition) is 3. The predicted molar refractivity (Wildman–Crippen MR) is 49.1 cm³/mol. The molecule has 0 amide bonds. The Morgan fingerprint density at radius 1 is 1.25 bits per heavy atom. The standard InChI is InChI=1S/C9H15F3O4/c1-6(2)15-3-4-16-7(5-8(13)14)9(10,11)12/h6-7H,3-5H2,1-2H3,(H,13,14). The van der Waals surface area contributed by atoms with E-state index in [1.807, 2.05) is 0 Å². The third-order valence-electron chi connectivity index (χ3n) is 1.58. The molecule has 1 unspecified atom stereocenters. The van der Waals surface area contributed by atoms with Crippen LogP contribution in [0.25, 0.3) is 0 Å². The van der Waals surface area contributed by atoms with Gasteiger partial charge in [0.1, 0.15) is 0 Å². The molecule has 96 valence electrons. The van der Waals surface area contributed by atoms with E-state index in [9.17, 15) is 18.0 Å². The van der Waals surface area contributed by atoms with Crippen LogP contribution in [-0.2, 0) is 14.3 Å². The number of alkyl halides is 3. The molecular weight excluding hydrogens is 229 g/mol. The molecule has 0 aliphatic rings. The summed E-state index contributed by atoms with van der Waals surface area (Å²) in [6.07, 6.45) is -8.14. The molecule has 4 nitrogen and oxygen atoms in total. The second kappa shape index (κ2) is 6.70. The number of hydrogen-bond donors (Lipinski definition) is 1. The van der Waals surface area contributed by atoms with E-state index in [-0.39, 0.29) is 19.3 Å². The summed E-state index contributed by atoms with van der Waals surface area (Å²) in [5.41, 5.74) is 0. The lowest BCUT2D eigenvalue weighted by atomic mass is 10.2. The molecule has 1 atom stereocenters. The molecule has 16 heavy (non-hydrogen) atoms. The molecular formula is C9H15F3O4. The highest BCUT2D eigenvalue weighted by Gasteiger charge is 2.41. The Morgan fingerprint density at radius 3 is 2.12 bits per heavy atom. The highest BCUT2D eigenvalue weighted by molar-refractivity contribution is 5.67. The number of carboxylic acid groups (broad SMARTS) is 1. The van der Waals surface area contributed by atoms with Gasteiger partial charge >= 0.3 is 12.1 Å². The number of halogens is 3. The number of rotatable bonds is 7. The van der Waals surface area contributed by atoms with Gasteiger partial charge in [-0.2, -0.15) is 13.2 Å². The molecule has 0 radical (unpaired) electrons. The quantitative estimate of drug-likeness (QED) is 0.694. The molecule has 0 aliphatic carbocycles. The van der Waals surface area contributed by atoms with Crippen molar-refractivity contribution in [1.82, 2.24) is 0 Å². The summed E-state index contributed by atoms with van der Waals surface area (Å²) in [5.74, 6) is -1.55. The van der Waals surface area contributed by atoms with E-state index in [1.54, 1.807) is 13.8 Å². The Bertz CT molecular complexity index is 215. The zero-order valence-electron chi connectivity index (χ0n) is 9.08. The molecule has 0 bridgehead atoms. The predicted octanol–water partition coefficient (Wildman–Crippen LogP) is 1.83. The van der Waals surface area contributed by atoms with Gasteiger partial charge in [-0.1, -0.05) is 0 Å². The third kappa shape index (κ3) is 7.47. The molecule has 0 spiro atoms. The van der Waals surface area contributed by atoms with Crippen molar-refractivity contribution in [3.05, 3.63) is 0 Å². The van der Waals surface area contributed by atoms with Crippen molar-refractivity contribution in [3.63, 3.8) is 0 Å². The first-order chi connectivity index (χ1) is 7.23. The summed E-state index contributed by atoms with van der Waals surface area (Å²) in [7, 11) is 0. The summed E-state index contributed by atoms with van der Waals surface area (Å²) in [6.45, 7) is 3.19. The molecule has 1 N–H and O–H groups in total. The zero-order valence-corrected chi connectivity index (χ0v) is 9.08. The van der Waals surface area contributed by atoms with Crippen LogP contribution >= 0.6 is 0 Å². The fourth-order valence-corrected chi connectivity index (χ4v) is 0.902. The number of ether oxygens (including phenoxy) is 2. The van der Waals surface area contributed by atoms with Gasteiger partial charge in [-0.25, -0.2) is 0 Å². The van der Waals surface area contributed by atoms with Crippen molar-refractivity contribution in [2.75, 3.05) is 13.2 Å². The molecule has 7 heteroatoms. The molecule has 0 aliphatic heterocycles. The van der Waals surface area contributed by atoms with Crippen LogP contribution in [-0.4, -0.2) is 42.7 Å². The Kier molecular flexibility index (Phi) is 6.35. The van der Waals surface area contributed by atoms with Crippen molar-refractivity contribution in [1.29, 1.82) is 0 Å². The van der Waals surface area contributed by atoms with E-state index < -0.39 is 24.7 Å². The number of aliphatic carboxylic acids is 1. The van der Waals surface area contributed by atoms with Gasteiger partial charge in [0, 0.05) is 0 Å². The largest absolute Gasteiger partial charge is 0.481 e. The zero-order chi connectivity index (χ0) is 12.8. The highest BCUT2D eigenvalue weighted by atomic mass is 19.4. The lowest BCUT2D eigenvalue weighted by molar-refractivity contribution is -0.226. The molecule has 0 saturated carbocycles. The smallest absolute Gasteiger partial charge is 0.415 e. The fraction of sp³-hybridized carbons (Fsp3) is 0.889. The topological polar surface area (TPSA) is 55.8 Å². The van der Waals surface area contributed by atoms with Crippen LogP contribution in [0.4, 0.5) is 13.2 Å². The minimum absolute atomic E-state index is 0.00384. The monoisotopic (exact) mass is 244 g/mol. The fourth-order valence-electron chi connectivity index (χ4n) is 0.902. The maximum atomic E-state index is 12.2. The summed E-state index contributed by atoms with van der Waals surface area (Å²) in [4.78, 5) is 10.2.